The highest BCUT2D eigenvalue weighted by molar-refractivity contribution is 4.99. The molecular weight excluding hydrogens is 208 g/mol. The molecule has 0 bridgehead atoms. The molecule has 1 aliphatic rings. The standard InChI is InChI=1S/C11H16N2O3/c1-2-8-5-6-13(11(15)12-8)10-4-3-9(7-14)16-10/h5-6,9-10,14H,2-4,7H2,1H3. The van der Waals surface area contributed by atoms with E-state index in [-0.39, 0.29) is 24.6 Å². The molecule has 1 aromatic heterocycles. The Labute approximate surface area is 93.7 Å². The van der Waals surface area contributed by atoms with Crippen molar-refractivity contribution < 1.29 is 9.84 Å². The van der Waals surface area contributed by atoms with E-state index in [1.807, 2.05) is 13.0 Å². The fourth-order valence-electron chi connectivity index (χ4n) is 1.89. The van der Waals surface area contributed by atoms with E-state index in [2.05, 4.69) is 4.98 Å². The van der Waals surface area contributed by atoms with Gasteiger partial charge in [-0.3, -0.25) is 4.57 Å². The van der Waals surface area contributed by atoms with E-state index < -0.39 is 0 Å². The molecule has 5 heteroatoms. The second-order valence-corrected chi connectivity index (χ2v) is 3.93. The molecule has 2 atom stereocenters. The summed E-state index contributed by atoms with van der Waals surface area (Å²) in [5.74, 6) is 0. The average molecular weight is 224 g/mol. The van der Waals surface area contributed by atoms with Gasteiger partial charge in [-0.25, -0.2) is 4.79 Å². The van der Waals surface area contributed by atoms with Crippen LogP contribution in [0, 0.1) is 0 Å². The number of aliphatic hydroxyl groups excluding tert-OH is 1. The van der Waals surface area contributed by atoms with Crippen LogP contribution in [0.25, 0.3) is 0 Å². The maximum Gasteiger partial charge on any atom is 0.349 e. The van der Waals surface area contributed by atoms with Gasteiger partial charge in [0, 0.05) is 11.9 Å². The number of hydrogen-bond acceptors (Lipinski definition) is 4. The van der Waals surface area contributed by atoms with Crippen molar-refractivity contribution in [2.45, 2.75) is 38.5 Å². The van der Waals surface area contributed by atoms with Crippen LogP contribution in [0.1, 0.15) is 31.7 Å². The van der Waals surface area contributed by atoms with Gasteiger partial charge in [-0.15, -0.1) is 0 Å². The highest BCUT2D eigenvalue weighted by Gasteiger charge is 2.26. The van der Waals surface area contributed by atoms with E-state index in [1.54, 1.807) is 6.20 Å². The fourth-order valence-corrected chi connectivity index (χ4v) is 1.89. The molecule has 1 saturated heterocycles. The average Bonchev–Trinajstić information content (AvgIpc) is 2.77. The van der Waals surface area contributed by atoms with Crippen molar-refractivity contribution in [2.24, 2.45) is 0 Å². The van der Waals surface area contributed by atoms with Gasteiger partial charge >= 0.3 is 5.69 Å². The Kier molecular flexibility index (Phi) is 3.36. The minimum atomic E-state index is -0.275. The van der Waals surface area contributed by atoms with Gasteiger partial charge in [0.15, 0.2) is 0 Å². The molecule has 1 fully saturated rings. The van der Waals surface area contributed by atoms with Gasteiger partial charge in [0.05, 0.1) is 12.7 Å². The van der Waals surface area contributed by atoms with Gasteiger partial charge in [-0.2, -0.15) is 4.98 Å². The van der Waals surface area contributed by atoms with Crippen LogP contribution in [-0.2, 0) is 11.2 Å². The molecule has 1 aliphatic heterocycles. The second-order valence-electron chi connectivity index (χ2n) is 3.93. The molecule has 0 aromatic carbocycles. The van der Waals surface area contributed by atoms with E-state index in [0.717, 1.165) is 25.0 Å². The zero-order valence-electron chi connectivity index (χ0n) is 9.30. The Bertz CT molecular complexity index is 416. The predicted octanol–water partition coefficient (Wildman–Crippen LogP) is 0.476. The van der Waals surface area contributed by atoms with Crippen molar-refractivity contribution >= 4 is 0 Å². The van der Waals surface area contributed by atoms with Crippen LogP contribution < -0.4 is 5.69 Å². The number of aliphatic hydroxyl groups is 1. The molecule has 1 aromatic rings. The number of aromatic nitrogens is 2. The van der Waals surface area contributed by atoms with E-state index in [1.165, 1.54) is 4.57 Å². The quantitative estimate of drug-likeness (QED) is 0.811. The van der Waals surface area contributed by atoms with E-state index in [0.29, 0.717) is 0 Å². The molecule has 2 heterocycles. The van der Waals surface area contributed by atoms with Crippen LogP contribution in [0.3, 0.4) is 0 Å². The maximum absolute atomic E-state index is 11.7. The Morgan fingerprint density at radius 3 is 3.00 bits per heavy atom. The third-order valence-corrected chi connectivity index (χ3v) is 2.85. The Morgan fingerprint density at radius 1 is 1.62 bits per heavy atom. The lowest BCUT2D eigenvalue weighted by Crippen LogP contribution is -2.28. The zero-order chi connectivity index (χ0) is 11.5. The highest BCUT2D eigenvalue weighted by atomic mass is 16.5. The first-order chi connectivity index (χ1) is 7.74. The summed E-state index contributed by atoms with van der Waals surface area (Å²) in [6.07, 6.45) is 3.58. The maximum atomic E-state index is 11.7. The fraction of sp³-hybridized carbons (Fsp3) is 0.636. The molecule has 1 N–H and O–H groups in total. The Balaban J connectivity index is 2.19. The monoisotopic (exact) mass is 224 g/mol. The molecule has 88 valence electrons. The first-order valence-corrected chi connectivity index (χ1v) is 5.59. The molecule has 0 amide bonds. The summed E-state index contributed by atoms with van der Waals surface area (Å²) in [7, 11) is 0. The number of ether oxygens (including phenoxy) is 1. The first-order valence-electron chi connectivity index (χ1n) is 5.59. The summed E-state index contributed by atoms with van der Waals surface area (Å²) >= 11 is 0. The lowest BCUT2D eigenvalue weighted by Gasteiger charge is -2.14. The van der Waals surface area contributed by atoms with Gasteiger partial charge in [0.1, 0.15) is 6.23 Å². The lowest BCUT2D eigenvalue weighted by atomic mass is 10.2. The second kappa shape index (κ2) is 4.76. The van der Waals surface area contributed by atoms with E-state index >= 15 is 0 Å². The van der Waals surface area contributed by atoms with Gasteiger partial charge in [-0.1, -0.05) is 6.92 Å². The van der Waals surface area contributed by atoms with Crippen molar-refractivity contribution in [3.8, 4) is 0 Å². The summed E-state index contributed by atoms with van der Waals surface area (Å²) in [4.78, 5) is 15.6. The van der Waals surface area contributed by atoms with Gasteiger partial charge in [0.2, 0.25) is 0 Å². The van der Waals surface area contributed by atoms with E-state index in [9.17, 15) is 4.79 Å². The van der Waals surface area contributed by atoms with Crippen LogP contribution in [0.4, 0.5) is 0 Å². The first kappa shape index (κ1) is 11.3. The zero-order valence-corrected chi connectivity index (χ0v) is 9.30. The summed E-state index contributed by atoms with van der Waals surface area (Å²) in [6.45, 7) is 1.96. The molecule has 0 saturated carbocycles. The number of aryl methyl sites for hydroxylation is 1. The van der Waals surface area contributed by atoms with Crippen LogP contribution >= 0.6 is 0 Å². The normalized spacial score (nSPS) is 24.9. The van der Waals surface area contributed by atoms with Gasteiger partial charge in [-0.05, 0) is 25.3 Å². The van der Waals surface area contributed by atoms with Crippen LogP contribution in [0.2, 0.25) is 0 Å². The topological polar surface area (TPSA) is 64.3 Å². The van der Waals surface area contributed by atoms with Gasteiger partial charge < -0.3 is 9.84 Å². The molecule has 16 heavy (non-hydrogen) atoms. The lowest BCUT2D eigenvalue weighted by molar-refractivity contribution is -0.0246. The minimum absolute atomic E-state index is 0.00568. The van der Waals surface area contributed by atoms with Crippen molar-refractivity contribution in [2.75, 3.05) is 6.61 Å². The van der Waals surface area contributed by atoms with Crippen molar-refractivity contribution in [3.05, 3.63) is 28.4 Å². The van der Waals surface area contributed by atoms with E-state index in [4.69, 9.17) is 9.84 Å². The molecule has 2 unspecified atom stereocenters. The SMILES string of the molecule is CCc1ccn(C2CCC(CO)O2)c(=O)n1. The molecular formula is C11H16N2O3. The largest absolute Gasteiger partial charge is 0.394 e. The summed E-state index contributed by atoms with van der Waals surface area (Å²) in [5.41, 5.74) is 0.515. The van der Waals surface area contributed by atoms with Crippen LogP contribution in [-0.4, -0.2) is 27.4 Å². The number of rotatable bonds is 3. The Morgan fingerprint density at radius 2 is 2.44 bits per heavy atom. The van der Waals surface area contributed by atoms with Crippen molar-refractivity contribution in [1.82, 2.24) is 9.55 Å². The smallest absolute Gasteiger partial charge is 0.349 e. The summed E-state index contributed by atoms with van der Waals surface area (Å²) < 4.78 is 7.02. The minimum Gasteiger partial charge on any atom is -0.394 e. The Hall–Kier alpha value is -1.20. The predicted molar refractivity (Wildman–Crippen MR) is 58.1 cm³/mol. The highest BCUT2D eigenvalue weighted by Crippen LogP contribution is 2.26. The summed E-state index contributed by atoms with van der Waals surface area (Å²) in [5, 5.41) is 8.95. The number of nitrogens with zero attached hydrogens (tertiary/aromatic N) is 2. The molecule has 0 aliphatic carbocycles. The van der Waals surface area contributed by atoms with Crippen molar-refractivity contribution in [1.29, 1.82) is 0 Å². The van der Waals surface area contributed by atoms with Crippen LogP contribution in [0.5, 0.6) is 0 Å². The molecule has 0 spiro atoms. The third kappa shape index (κ3) is 2.15. The summed E-state index contributed by atoms with van der Waals surface area (Å²) in [6, 6.07) is 1.83. The molecule has 0 radical (unpaired) electrons. The van der Waals surface area contributed by atoms with Gasteiger partial charge in [0.25, 0.3) is 0 Å². The number of hydrogen-bond donors (Lipinski definition) is 1. The van der Waals surface area contributed by atoms with Crippen molar-refractivity contribution in [3.63, 3.8) is 0 Å². The third-order valence-electron chi connectivity index (χ3n) is 2.85. The molecule has 5 nitrogen and oxygen atoms in total. The van der Waals surface area contributed by atoms with Crippen LogP contribution in [0.15, 0.2) is 17.1 Å². The molecule has 2 rings (SSSR count).